The molecule has 0 fully saturated rings. The highest BCUT2D eigenvalue weighted by Gasteiger charge is 2.10. The van der Waals surface area contributed by atoms with Gasteiger partial charge in [0.1, 0.15) is 0 Å². The maximum Gasteiger partial charge on any atom is 0.409 e. The number of hydrogen-bond donors (Lipinski definition) is 0. The minimum atomic E-state index is -0.327. The molecule has 0 saturated carbocycles. The molecule has 0 aliphatic rings. The molecule has 1 aromatic rings. The molecule has 0 unspecified atom stereocenters. The number of pyridine rings is 1. The van der Waals surface area contributed by atoms with Crippen LogP contribution in [-0.4, -0.2) is 62.3 Å². The van der Waals surface area contributed by atoms with Crippen LogP contribution < -0.4 is 4.74 Å². The number of nitrogens with zero attached hydrogens (tertiary/aromatic N) is 3. The maximum absolute atomic E-state index is 11.2. The average molecular weight is 267 g/mol. The summed E-state index contributed by atoms with van der Waals surface area (Å²) in [5.41, 5.74) is 1.02. The first-order chi connectivity index (χ1) is 9.08. The fourth-order valence-corrected chi connectivity index (χ4v) is 1.67. The zero-order valence-electron chi connectivity index (χ0n) is 11.9. The van der Waals surface area contributed by atoms with E-state index in [4.69, 9.17) is 4.74 Å². The first-order valence-electron chi connectivity index (χ1n) is 6.04. The van der Waals surface area contributed by atoms with Crippen molar-refractivity contribution in [3.05, 3.63) is 23.9 Å². The van der Waals surface area contributed by atoms with Gasteiger partial charge in [-0.1, -0.05) is 6.07 Å². The number of methoxy groups -OCH3 is 2. The molecule has 0 bridgehead atoms. The third kappa shape index (κ3) is 4.75. The van der Waals surface area contributed by atoms with Crippen LogP contribution in [0.5, 0.6) is 5.88 Å². The van der Waals surface area contributed by atoms with Crippen LogP contribution in [-0.2, 0) is 11.3 Å². The second-order valence-corrected chi connectivity index (χ2v) is 4.30. The minimum absolute atomic E-state index is 0.327. The van der Waals surface area contributed by atoms with Crippen molar-refractivity contribution in [1.29, 1.82) is 0 Å². The quantitative estimate of drug-likeness (QED) is 0.775. The van der Waals surface area contributed by atoms with Crippen molar-refractivity contribution in [3.8, 4) is 5.88 Å². The Morgan fingerprint density at radius 2 is 2.05 bits per heavy atom. The van der Waals surface area contributed by atoms with E-state index < -0.39 is 0 Å². The number of hydrogen-bond acceptors (Lipinski definition) is 5. The van der Waals surface area contributed by atoms with Gasteiger partial charge in [0.05, 0.1) is 14.2 Å². The molecule has 0 aliphatic heterocycles. The third-order valence-corrected chi connectivity index (χ3v) is 2.79. The molecule has 1 aromatic heterocycles. The molecule has 6 heteroatoms. The van der Waals surface area contributed by atoms with Crippen molar-refractivity contribution < 1.29 is 14.3 Å². The van der Waals surface area contributed by atoms with Crippen molar-refractivity contribution >= 4 is 6.09 Å². The smallest absolute Gasteiger partial charge is 0.409 e. The Bertz CT molecular complexity index is 412. The van der Waals surface area contributed by atoms with Crippen LogP contribution in [0.4, 0.5) is 4.79 Å². The highest BCUT2D eigenvalue weighted by molar-refractivity contribution is 5.66. The lowest BCUT2D eigenvalue weighted by Gasteiger charge is -2.21. The third-order valence-electron chi connectivity index (χ3n) is 2.79. The lowest BCUT2D eigenvalue weighted by molar-refractivity contribution is 0.128. The molecule has 0 atom stereocenters. The van der Waals surface area contributed by atoms with Gasteiger partial charge in [0.15, 0.2) is 0 Å². The molecule has 0 N–H and O–H groups in total. The number of aromatic nitrogens is 1. The predicted molar refractivity (Wildman–Crippen MR) is 72.2 cm³/mol. The van der Waals surface area contributed by atoms with Crippen LogP contribution >= 0.6 is 0 Å². The van der Waals surface area contributed by atoms with E-state index in [0.29, 0.717) is 19.0 Å². The summed E-state index contributed by atoms with van der Waals surface area (Å²) in [5, 5.41) is 0. The van der Waals surface area contributed by atoms with Gasteiger partial charge in [-0.3, -0.25) is 0 Å². The van der Waals surface area contributed by atoms with Gasteiger partial charge >= 0.3 is 6.09 Å². The predicted octanol–water partition coefficient (Wildman–Crippen LogP) is 1.22. The Morgan fingerprint density at radius 3 is 2.68 bits per heavy atom. The first kappa shape index (κ1) is 15.2. The molecule has 106 valence electrons. The van der Waals surface area contributed by atoms with E-state index in [9.17, 15) is 4.79 Å². The molecule has 0 spiro atoms. The lowest BCUT2D eigenvalue weighted by Crippen LogP contribution is -2.34. The van der Waals surface area contributed by atoms with Gasteiger partial charge < -0.3 is 19.3 Å². The van der Waals surface area contributed by atoms with Crippen LogP contribution in [0.2, 0.25) is 0 Å². The molecular formula is C13H21N3O3. The van der Waals surface area contributed by atoms with Crippen molar-refractivity contribution in [2.45, 2.75) is 6.54 Å². The number of carbonyl (C=O) groups excluding carboxylic acids is 1. The Hall–Kier alpha value is -1.82. The van der Waals surface area contributed by atoms with Crippen LogP contribution in [0.25, 0.3) is 0 Å². The molecule has 6 nitrogen and oxygen atoms in total. The summed E-state index contributed by atoms with van der Waals surface area (Å²) in [7, 11) is 6.68. The molecule has 0 aromatic carbocycles. The molecule has 0 radical (unpaired) electrons. The zero-order chi connectivity index (χ0) is 14.3. The zero-order valence-corrected chi connectivity index (χ0v) is 11.9. The summed E-state index contributed by atoms with van der Waals surface area (Å²) in [6.07, 6.45) is 1.38. The molecule has 1 rings (SSSR count). The van der Waals surface area contributed by atoms with Crippen molar-refractivity contribution in [1.82, 2.24) is 14.8 Å². The first-order valence-corrected chi connectivity index (χ1v) is 6.04. The minimum Gasteiger partial charge on any atom is -0.481 e. The molecular weight excluding hydrogens is 246 g/mol. The number of amides is 1. The molecule has 0 aliphatic carbocycles. The van der Waals surface area contributed by atoms with E-state index in [0.717, 1.165) is 12.1 Å². The van der Waals surface area contributed by atoms with Crippen molar-refractivity contribution in [2.24, 2.45) is 0 Å². The second kappa shape index (κ2) is 7.58. The maximum atomic E-state index is 11.2. The summed E-state index contributed by atoms with van der Waals surface area (Å²) in [6.45, 7) is 2.06. The Morgan fingerprint density at radius 1 is 1.32 bits per heavy atom. The van der Waals surface area contributed by atoms with Gasteiger partial charge in [0, 0.05) is 38.4 Å². The summed E-state index contributed by atoms with van der Waals surface area (Å²) in [6, 6.07) is 3.86. The van der Waals surface area contributed by atoms with Crippen molar-refractivity contribution in [3.63, 3.8) is 0 Å². The van der Waals surface area contributed by atoms with Gasteiger partial charge in [-0.2, -0.15) is 0 Å². The van der Waals surface area contributed by atoms with Crippen LogP contribution in [0.3, 0.4) is 0 Å². The average Bonchev–Trinajstić information content (AvgIpc) is 2.44. The van der Waals surface area contributed by atoms with Crippen LogP contribution in [0.1, 0.15) is 5.56 Å². The standard InChI is InChI=1S/C13H21N3O3/c1-15(8-9-16(2)13(17)19-4)10-11-6-5-7-14-12(11)18-3/h5-7H,8-10H2,1-4H3. The van der Waals surface area contributed by atoms with E-state index in [1.54, 1.807) is 20.4 Å². The SMILES string of the molecule is COC(=O)N(C)CCN(C)Cc1cccnc1OC. The van der Waals surface area contributed by atoms with E-state index in [-0.39, 0.29) is 6.09 Å². The number of likely N-dealkylation sites (N-methyl/N-ethyl adjacent to an activating group) is 2. The van der Waals surface area contributed by atoms with E-state index in [1.807, 2.05) is 19.2 Å². The Labute approximate surface area is 113 Å². The molecule has 19 heavy (non-hydrogen) atoms. The topological polar surface area (TPSA) is 54.9 Å². The van der Waals surface area contributed by atoms with E-state index in [2.05, 4.69) is 14.6 Å². The van der Waals surface area contributed by atoms with Gasteiger partial charge in [0.25, 0.3) is 0 Å². The van der Waals surface area contributed by atoms with Crippen LogP contribution in [0, 0.1) is 0 Å². The van der Waals surface area contributed by atoms with Gasteiger partial charge in [-0.15, -0.1) is 0 Å². The van der Waals surface area contributed by atoms with E-state index in [1.165, 1.54) is 12.0 Å². The summed E-state index contributed by atoms with van der Waals surface area (Å²) in [5.74, 6) is 0.635. The second-order valence-electron chi connectivity index (χ2n) is 4.30. The van der Waals surface area contributed by atoms with Crippen LogP contribution in [0.15, 0.2) is 18.3 Å². The molecule has 1 heterocycles. The summed E-state index contributed by atoms with van der Waals surface area (Å²) in [4.78, 5) is 19.0. The molecule has 0 saturated heterocycles. The van der Waals surface area contributed by atoms with Gasteiger partial charge in [0.2, 0.25) is 5.88 Å². The number of carbonyl (C=O) groups is 1. The highest BCUT2D eigenvalue weighted by Crippen LogP contribution is 2.15. The largest absolute Gasteiger partial charge is 0.481 e. The van der Waals surface area contributed by atoms with Gasteiger partial charge in [-0.05, 0) is 13.1 Å². The normalized spacial score (nSPS) is 10.4. The Balaban J connectivity index is 2.47. The number of rotatable bonds is 6. The number of ether oxygens (including phenoxy) is 2. The fraction of sp³-hybridized carbons (Fsp3) is 0.538. The highest BCUT2D eigenvalue weighted by atomic mass is 16.5. The molecule has 1 amide bonds. The summed E-state index contributed by atoms with van der Waals surface area (Å²) >= 11 is 0. The fourth-order valence-electron chi connectivity index (χ4n) is 1.67. The van der Waals surface area contributed by atoms with Crippen molar-refractivity contribution in [2.75, 3.05) is 41.4 Å². The van der Waals surface area contributed by atoms with Gasteiger partial charge in [-0.25, -0.2) is 9.78 Å². The van der Waals surface area contributed by atoms with E-state index >= 15 is 0 Å². The summed E-state index contributed by atoms with van der Waals surface area (Å²) < 4.78 is 9.84. The lowest BCUT2D eigenvalue weighted by atomic mass is 10.2. The monoisotopic (exact) mass is 267 g/mol. The Kier molecular flexibility index (Phi) is 6.08.